The first-order valence-electron chi connectivity index (χ1n) is 6.71. The fraction of sp³-hybridized carbons (Fsp3) is 0.625. The van der Waals surface area contributed by atoms with Crippen molar-refractivity contribution in [2.45, 2.75) is 52.6 Å². The summed E-state index contributed by atoms with van der Waals surface area (Å²) in [4.78, 5) is 0. The van der Waals surface area contributed by atoms with Crippen molar-refractivity contribution in [2.75, 3.05) is 0 Å². The summed E-state index contributed by atoms with van der Waals surface area (Å²) in [6, 6.07) is 3.72. The van der Waals surface area contributed by atoms with Crippen LogP contribution in [0.1, 0.15) is 52.5 Å². The molecule has 1 aliphatic carbocycles. The second-order valence-corrected chi connectivity index (χ2v) is 7.52. The molecule has 0 bridgehead atoms. The Morgan fingerprint density at radius 3 is 1.89 bits per heavy atom. The molecule has 0 radical (unpaired) electrons. The predicted octanol–water partition coefficient (Wildman–Crippen LogP) is 4.39. The summed E-state index contributed by atoms with van der Waals surface area (Å²) in [7, 11) is 0. The number of benzene rings is 1. The van der Waals surface area contributed by atoms with Crippen LogP contribution >= 0.6 is 0 Å². The summed E-state index contributed by atoms with van der Waals surface area (Å²) in [6.07, 6.45) is 2.13. The molecule has 19 heavy (non-hydrogen) atoms. The lowest BCUT2D eigenvalue weighted by Gasteiger charge is -2.49. The van der Waals surface area contributed by atoms with Crippen LogP contribution in [0.15, 0.2) is 18.2 Å². The maximum atomic E-state index is 13.4. The summed E-state index contributed by atoms with van der Waals surface area (Å²) >= 11 is 0. The monoisotopic (exact) mass is 268 g/mol. The van der Waals surface area contributed by atoms with Gasteiger partial charge >= 0.3 is 0 Å². The highest BCUT2D eigenvalue weighted by atomic mass is 19.2. The van der Waals surface area contributed by atoms with Gasteiger partial charge in [0.05, 0.1) is 5.60 Å². The zero-order chi connectivity index (χ0) is 14.5. The zero-order valence-corrected chi connectivity index (χ0v) is 12.1. The van der Waals surface area contributed by atoms with Gasteiger partial charge in [-0.1, -0.05) is 33.8 Å². The molecule has 1 aromatic rings. The van der Waals surface area contributed by atoms with Crippen LogP contribution in [0.25, 0.3) is 0 Å². The standard InChI is InChI=1S/C16H22F2O/c1-14(2)8-15(3,4)10-16(19,9-14)11-5-6-12(17)13(18)7-11/h5-7,19H,8-10H2,1-4H3. The van der Waals surface area contributed by atoms with Crippen LogP contribution in [0.4, 0.5) is 8.78 Å². The van der Waals surface area contributed by atoms with Crippen LogP contribution < -0.4 is 0 Å². The molecular weight excluding hydrogens is 246 g/mol. The quantitative estimate of drug-likeness (QED) is 0.801. The molecule has 0 saturated heterocycles. The molecule has 1 fully saturated rings. The Balaban J connectivity index is 2.43. The summed E-state index contributed by atoms with van der Waals surface area (Å²) in [6.45, 7) is 8.44. The van der Waals surface area contributed by atoms with Gasteiger partial charge in [0.1, 0.15) is 0 Å². The lowest BCUT2D eigenvalue weighted by molar-refractivity contribution is -0.0914. The largest absolute Gasteiger partial charge is 0.385 e. The van der Waals surface area contributed by atoms with E-state index in [1.807, 2.05) is 0 Å². The Morgan fingerprint density at radius 2 is 1.42 bits per heavy atom. The average Bonchev–Trinajstić information content (AvgIpc) is 2.16. The van der Waals surface area contributed by atoms with E-state index in [1.54, 1.807) is 0 Å². The lowest BCUT2D eigenvalue weighted by atomic mass is 9.58. The van der Waals surface area contributed by atoms with Crippen LogP contribution in [0.3, 0.4) is 0 Å². The second-order valence-electron chi connectivity index (χ2n) is 7.52. The summed E-state index contributed by atoms with van der Waals surface area (Å²) in [5.41, 5.74) is -0.657. The second kappa shape index (κ2) is 4.27. The molecule has 0 aliphatic heterocycles. The van der Waals surface area contributed by atoms with Crippen LogP contribution in [0.5, 0.6) is 0 Å². The molecule has 0 heterocycles. The van der Waals surface area contributed by atoms with Gasteiger partial charge in [-0.15, -0.1) is 0 Å². The van der Waals surface area contributed by atoms with E-state index in [4.69, 9.17) is 0 Å². The van der Waals surface area contributed by atoms with E-state index in [9.17, 15) is 13.9 Å². The lowest BCUT2D eigenvalue weighted by Crippen LogP contribution is -2.44. The van der Waals surface area contributed by atoms with E-state index < -0.39 is 17.2 Å². The molecule has 0 aromatic heterocycles. The van der Waals surface area contributed by atoms with Crippen molar-refractivity contribution < 1.29 is 13.9 Å². The van der Waals surface area contributed by atoms with Crippen LogP contribution in [-0.2, 0) is 5.60 Å². The van der Waals surface area contributed by atoms with Gasteiger partial charge in [0, 0.05) is 0 Å². The molecule has 0 atom stereocenters. The minimum atomic E-state index is -1.08. The number of hydrogen-bond acceptors (Lipinski definition) is 1. The first-order valence-corrected chi connectivity index (χ1v) is 6.71. The van der Waals surface area contributed by atoms with Gasteiger partial charge in [0.15, 0.2) is 11.6 Å². The van der Waals surface area contributed by atoms with Crippen molar-refractivity contribution in [1.82, 2.24) is 0 Å². The average molecular weight is 268 g/mol. The van der Waals surface area contributed by atoms with Crippen LogP contribution in [-0.4, -0.2) is 5.11 Å². The summed E-state index contributed by atoms with van der Waals surface area (Å²) in [5.74, 6) is -1.77. The molecule has 0 amide bonds. The van der Waals surface area contributed by atoms with Gasteiger partial charge in [0.25, 0.3) is 0 Å². The molecule has 106 valence electrons. The van der Waals surface area contributed by atoms with Crippen molar-refractivity contribution in [3.05, 3.63) is 35.4 Å². The highest BCUT2D eigenvalue weighted by Gasteiger charge is 2.47. The smallest absolute Gasteiger partial charge is 0.159 e. The van der Waals surface area contributed by atoms with Gasteiger partial charge in [-0.2, -0.15) is 0 Å². The van der Waals surface area contributed by atoms with Crippen molar-refractivity contribution in [2.24, 2.45) is 10.8 Å². The van der Waals surface area contributed by atoms with Crippen molar-refractivity contribution >= 4 is 0 Å². The Bertz CT molecular complexity index is 476. The molecule has 1 saturated carbocycles. The van der Waals surface area contributed by atoms with Gasteiger partial charge in [-0.3, -0.25) is 0 Å². The first-order chi connectivity index (χ1) is 8.53. The SMILES string of the molecule is CC1(C)CC(C)(C)CC(O)(c2ccc(F)c(F)c2)C1. The molecule has 0 unspecified atom stereocenters. The zero-order valence-electron chi connectivity index (χ0n) is 12.1. The van der Waals surface area contributed by atoms with Crippen LogP contribution in [0.2, 0.25) is 0 Å². The van der Waals surface area contributed by atoms with E-state index in [-0.39, 0.29) is 10.8 Å². The molecule has 3 heteroatoms. The first kappa shape index (κ1) is 14.4. The van der Waals surface area contributed by atoms with E-state index >= 15 is 0 Å². The molecular formula is C16H22F2O. The maximum absolute atomic E-state index is 13.4. The number of hydrogen-bond donors (Lipinski definition) is 1. The fourth-order valence-corrected chi connectivity index (χ4v) is 4.06. The van der Waals surface area contributed by atoms with Gasteiger partial charge in [-0.25, -0.2) is 8.78 Å². The molecule has 1 N–H and O–H groups in total. The molecule has 0 spiro atoms. The van der Waals surface area contributed by atoms with Crippen molar-refractivity contribution in [3.8, 4) is 0 Å². The summed E-state index contributed by atoms with van der Waals surface area (Å²) < 4.78 is 26.4. The molecule has 2 rings (SSSR count). The maximum Gasteiger partial charge on any atom is 0.159 e. The van der Waals surface area contributed by atoms with E-state index in [0.29, 0.717) is 18.4 Å². The van der Waals surface area contributed by atoms with Gasteiger partial charge in [0.2, 0.25) is 0 Å². The molecule has 1 nitrogen and oxygen atoms in total. The van der Waals surface area contributed by atoms with E-state index in [2.05, 4.69) is 27.7 Å². The fourth-order valence-electron chi connectivity index (χ4n) is 4.06. The molecule has 1 aromatic carbocycles. The predicted molar refractivity (Wildman–Crippen MR) is 71.7 cm³/mol. The number of aliphatic hydroxyl groups is 1. The Morgan fingerprint density at radius 1 is 0.895 bits per heavy atom. The van der Waals surface area contributed by atoms with Gasteiger partial charge in [-0.05, 0) is 47.8 Å². The minimum Gasteiger partial charge on any atom is -0.385 e. The number of rotatable bonds is 1. The third-order valence-electron chi connectivity index (χ3n) is 3.96. The van der Waals surface area contributed by atoms with E-state index in [1.165, 1.54) is 6.07 Å². The van der Waals surface area contributed by atoms with Crippen molar-refractivity contribution in [1.29, 1.82) is 0 Å². The molecule has 1 aliphatic rings. The third kappa shape index (κ3) is 2.97. The third-order valence-corrected chi connectivity index (χ3v) is 3.96. The summed E-state index contributed by atoms with van der Waals surface area (Å²) in [5, 5.41) is 10.9. The number of halogens is 2. The Hall–Kier alpha value is -0.960. The minimum absolute atomic E-state index is 0.0264. The van der Waals surface area contributed by atoms with E-state index in [0.717, 1.165) is 18.6 Å². The highest BCUT2D eigenvalue weighted by Crippen LogP contribution is 2.53. The van der Waals surface area contributed by atoms with Crippen molar-refractivity contribution in [3.63, 3.8) is 0 Å². The van der Waals surface area contributed by atoms with Crippen LogP contribution in [0, 0.1) is 22.5 Å². The normalized spacial score (nSPS) is 24.2. The van der Waals surface area contributed by atoms with Gasteiger partial charge < -0.3 is 5.11 Å². The topological polar surface area (TPSA) is 20.2 Å². The Labute approximate surface area is 113 Å². The highest BCUT2D eigenvalue weighted by molar-refractivity contribution is 5.26. The Kier molecular flexibility index (Phi) is 3.25.